The van der Waals surface area contributed by atoms with Crippen LogP contribution in [-0.2, 0) is 0 Å². The van der Waals surface area contributed by atoms with E-state index in [1.54, 1.807) is 0 Å². The zero-order valence-electron chi connectivity index (χ0n) is 15.9. The van der Waals surface area contributed by atoms with Crippen LogP contribution in [0, 0.1) is 6.92 Å². The fourth-order valence-corrected chi connectivity index (χ4v) is 3.29. The van der Waals surface area contributed by atoms with Crippen molar-refractivity contribution in [1.29, 1.82) is 0 Å². The van der Waals surface area contributed by atoms with Gasteiger partial charge in [-0.15, -0.1) is 0 Å². The van der Waals surface area contributed by atoms with E-state index in [2.05, 4.69) is 16.0 Å². The Morgan fingerprint density at radius 3 is 2.18 bits per heavy atom. The molecular weight excluding hydrogens is 350 g/mol. The molecule has 1 aromatic heterocycles. The van der Waals surface area contributed by atoms with Gasteiger partial charge in [0.1, 0.15) is 11.5 Å². The van der Waals surface area contributed by atoms with Gasteiger partial charge < -0.3 is 14.5 Å². The summed E-state index contributed by atoms with van der Waals surface area (Å²) in [5.74, 6) is 1.57. The summed E-state index contributed by atoms with van der Waals surface area (Å²) in [6.45, 7) is 5.01. The molecule has 1 saturated heterocycles. The highest BCUT2D eigenvalue weighted by Gasteiger charge is 2.22. The second kappa shape index (κ2) is 8.13. The van der Waals surface area contributed by atoms with Crippen LogP contribution in [0.3, 0.4) is 0 Å². The fraction of sp³-hybridized carbons (Fsp3) is 0.217. The maximum atomic E-state index is 12.8. The van der Waals surface area contributed by atoms with Gasteiger partial charge in [-0.2, -0.15) is 0 Å². The molecule has 5 nitrogen and oxygen atoms in total. The Hall–Kier alpha value is -3.34. The summed E-state index contributed by atoms with van der Waals surface area (Å²) in [5, 5.41) is 0. The molecular formula is C23H23N3O2. The second-order valence-electron chi connectivity index (χ2n) is 6.88. The van der Waals surface area contributed by atoms with Crippen molar-refractivity contribution in [2.45, 2.75) is 6.92 Å². The Kier molecular flexibility index (Phi) is 5.24. The highest BCUT2D eigenvalue weighted by molar-refractivity contribution is 5.94. The zero-order valence-corrected chi connectivity index (χ0v) is 15.9. The summed E-state index contributed by atoms with van der Waals surface area (Å²) < 4.78 is 5.79. The SMILES string of the molecule is Cc1ccc(N2CCN(C(=O)c3ccc(Oc4ccccc4)cc3)CC2)cn1. The normalized spacial score (nSPS) is 14.0. The number of carbonyl (C=O) groups excluding carboxylic acids is 1. The van der Waals surface area contributed by atoms with Gasteiger partial charge in [-0.3, -0.25) is 9.78 Å². The van der Waals surface area contributed by atoms with E-state index in [0.29, 0.717) is 18.7 Å². The van der Waals surface area contributed by atoms with Gasteiger partial charge in [0.05, 0.1) is 11.9 Å². The van der Waals surface area contributed by atoms with Crippen molar-refractivity contribution >= 4 is 11.6 Å². The number of anilines is 1. The molecule has 2 aromatic carbocycles. The maximum Gasteiger partial charge on any atom is 0.253 e. The number of rotatable bonds is 4. The first-order valence-corrected chi connectivity index (χ1v) is 9.49. The Morgan fingerprint density at radius 1 is 0.857 bits per heavy atom. The van der Waals surface area contributed by atoms with Gasteiger partial charge in [0.2, 0.25) is 0 Å². The molecule has 1 fully saturated rings. The molecule has 28 heavy (non-hydrogen) atoms. The third kappa shape index (κ3) is 4.14. The van der Waals surface area contributed by atoms with Crippen LogP contribution >= 0.6 is 0 Å². The lowest BCUT2D eigenvalue weighted by molar-refractivity contribution is 0.0747. The largest absolute Gasteiger partial charge is 0.457 e. The Balaban J connectivity index is 1.35. The number of aryl methyl sites for hydroxylation is 1. The van der Waals surface area contributed by atoms with Crippen molar-refractivity contribution < 1.29 is 9.53 Å². The molecule has 0 bridgehead atoms. The van der Waals surface area contributed by atoms with Crippen molar-refractivity contribution in [3.8, 4) is 11.5 Å². The molecule has 5 heteroatoms. The standard InChI is InChI=1S/C23H23N3O2/c1-18-7-10-20(17-24-18)25-13-15-26(16-14-25)23(27)19-8-11-22(12-9-19)28-21-5-3-2-4-6-21/h2-12,17H,13-16H2,1H3. The van der Waals surface area contributed by atoms with Crippen molar-refractivity contribution in [2.24, 2.45) is 0 Å². The quantitative estimate of drug-likeness (QED) is 0.689. The molecule has 3 aromatic rings. The fourth-order valence-electron chi connectivity index (χ4n) is 3.29. The van der Waals surface area contributed by atoms with Gasteiger partial charge in [-0.1, -0.05) is 18.2 Å². The average Bonchev–Trinajstić information content (AvgIpc) is 2.75. The molecule has 0 saturated carbocycles. The van der Waals surface area contributed by atoms with Crippen LogP contribution in [-0.4, -0.2) is 42.0 Å². The summed E-state index contributed by atoms with van der Waals surface area (Å²) in [6, 6.07) is 21.1. The van der Waals surface area contributed by atoms with Crippen LogP contribution in [0.2, 0.25) is 0 Å². The third-order valence-electron chi connectivity index (χ3n) is 4.91. The number of pyridine rings is 1. The molecule has 0 spiro atoms. The summed E-state index contributed by atoms with van der Waals surface area (Å²) in [7, 11) is 0. The molecule has 1 aliphatic heterocycles. The second-order valence-corrected chi connectivity index (χ2v) is 6.88. The van der Waals surface area contributed by atoms with Crippen molar-refractivity contribution in [2.75, 3.05) is 31.1 Å². The van der Waals surface area contributed by atoms with Crippen LogP contribution in [0.15, 0.2) is 72.9 Å². The predicted molar refractivity (Wildman–Crippen MR) is 110 cm³/mol. The van der Waals surface area contributed by atoms with Crippen LogP contribution in [0.5, 0.6) is 11.5 Å². The molecule has 0 radical (unpaired) electrons. The Morgan fingerprint density at radius 2 is 1.54 bits per heavy atom. The molecule has 0 N–H and O–H groups in total. The number of ether oxygens (including phenoxy) is 1. The number of hydrogen-bond acceptors (Lipinski definition) is 4. The number of piperazine rings is 1. The number of carbonyl (C=O) groups is 1. The molecule has 0 unspecified atom stereocenters. The lowest BCUT2D eigenvalue weighted by Crippen LogP contribution is -2.48. The first-order chi connectivity index (χ1) is 13.7. The first-order valence-electron chi connectivity index (χ1n) is 9.49. The van der Waals surface area contributed by atoms with E-state index in [4.69, 9.17) is 4.74 Å². The third-order valence-corrected chi connectivity index (χ3v) is 4.91. The van der Waals surface area contributed by atoms with Crippen LogP contribution in [0.25, 0.3) is 0 Å². The minimum atomic E-state index is 0.0629. The molecule has 0 aliphatic carbocycles. The smallest absolute Gasteiger partial charge is 0.253 e. The predicted octanol–water partition coefficient (Wildman–Crippen LogP) is 4.14. The minimum absolute atomic E-state index is 0.0629. The van der Waals surface area contributed by atoms with Crippen LogP contribution < -0.4 is 9.64 Å². The van der Waals surface area contributed by atoms with Gasteiger partial charge in [0.15, 0.2) is 0 Å². The number of para-hydroxylation sites is 1. The topological polar surface area (TPSA) is 45.7 Å². The van der Waals surface area contributed by atoms with Gasteiger partial charge in [0, 0.05) is 37.4 Å². The monoisotopic (exact) mass is 373 g/mol. The van der Waals surface area contributed by atoms with E-state index in [-0.39, 0.29) is 5.91 Å². The van der Waals surface area contributed by atoms with Crippen molar-refractivity contribution in [1.82, 2.24) is 9.88 Å². The van der Waals surface area contributed by atoms with Crippen LogP contribution in [0.1, 0.15) is 16.1 Å². The maximum absolute atomic E-state index is 12.8. The van der Waals surface area contributed by atoms with Crippen LogP contribution in [0.4, 0.5) is 5.69 Å². The lowest BCUT2D eigenvalue weighted by atomic mass is 10.1. The molecule has 2 heterocycles. The Bertz CT molecular complexity index is 916. The van der Waals surface area contributed by atoms with E-state index in [1.165, 1.54) is 0 Å². The van der Waals surface area contributed by atoms with Gasteiger partial charge in [0.25, 0.3) is 5.91 Å². The Labute approximate surface area is 165 Å². The zero-order chi connectivity index (χ0) is 19.3. The molecule has 1 amide bonds. The minimum Gasteiger partial charge on any atom is -0.457 e. The van der Waals surface area contributed by atoms with E-state index in [1.807, 2.05) is 78.7 Å². The number of nitrogens with zero attached hydrogens (tertiary/aromatic N) is 3. The molecule has 4 rings (SSSR count). The summed E-state index contributed by atoms with van der Waals surface area (Å²) in [6.07, 6.45) is 1.90. The van der Waals surface area contributed by atoms with Crippen molar-refractivity contribution in [3.05, 3.63) is 84.2 Å². The van der Waals surface area contributed by atoms with E-state index in [0.717, 1.165) is 36.0 Å². The van der Waals surface area contributed by atoms with Crippen molar-refractivity contribution in [3.63, 3.8) is 0 Å². The number of hydrogen-bond donors (Lipinski definition) is 0. The molecule has 0 atom stereocenters. The average molecular weight is 373 g/mol. The molecule has 1 aliphatic rings. The molecule has 142 valence electrons. The number of aromatic nitrogens is 1. The number of benzene rings is 2. The summed E-state index contributed by atoms with van der Waals surface area (Å²) in [4.78, 5) is 21.4. The van der Waals surface area contributed by atoms with Gasteiger partial charge >= 0.3 is 0 Å². The van der Waals surface area contributed by atoms with E-state index < -0.39 is 0 Å². The highest BCUT2D eigenvalue weighted by Crippen LogP contribution is 2.22. The van der Waals surface area contributed by atoms with E-state index >= 15 is 0 Å². The van der Waals surface area contributed by atoms with Gasteiger partial charge in [-0.05, 0) is 55.5 Å². The summed E-state index contributed by atoms with van der Waals surface area (Å²) in [5.41, 5.74) is 2.81. The summed E-state index contributed by atoms with van der Waals surface area (Å²) >= 11 is 0. The van der Waals surface area contributed by atoms with Gasteiger partial charge in [-0.25, -0.2) is 0 Å². The highest BCUT2D eigenvalue weighted by atomic mass is 16.5. The van der Waals surface area contributed by atoms with E-state index in [9.17, 15) is 4.79 Å². The number of amides is 1. The lowest BCUT2D eigenvalue weighted by Gasteiger charge is -2.36. The first kappa shape index (κ1) is 18.0.